The van der Waals surface area contributed by atoms with Crippen LogP contribution in [0.2, 0.25) is 0 Å². The van der Waals surface area contributed by atoms with Crippen molar-refractivity contribution in [3.05, 3.63) is 46.4 Å². The van der Waals surface area contributed by atoms with Gasteiger partial charge in [0, 0.05) is 12.5 Å². The molecule has 0 fully saturated rings. The van der Waals surface area contributed by atoms with Crippen LogP contribution in [0.1, 0.15) is 10.5 Å². The zero-order valence-corrected chi connectivity index (χ0v) is 9.21. The Morgan fingerprint density at radius 1 is 1.41 bits per heavy atom. The minimum atomic E-state index is -1.15. The number of benzene rings is 1. The van der Waals surface area contributed by atoms with E-state index >= 15 is 0 Å². The Balaban J connectivity index is 2.84. The normalized spacial score (nSPS) is 10.6. The number of carbonyl (C=O) groups is 1. The average molecular weight is 233 g/mol. The highest BCUT2D eigenvalue weighted by Gasteiger charge is 2.13. The molecule has 0 bridgehead atoms. The highest BCUT2D eigenvalue weighted by Crippen LogP contribution is 2.12. The third-order valence-corrected chi connectivity index (χ3v) is 2.50. The molecule has 1 aromatic carbocycles. The maximum atomic E-state index is 12.1. The van der Waals surface area contributed by atoms with Gasteiger partial charge in [0.05, 0.1) is 0 Å². The van der Waals surface area contributed by atoms with E-state index in [1.807, 2.05) is 0 Å². The monoisotopic (exact) mass is 233 g/mol. The summed E-state index contributed by atoms with van der Waals surface area (Å²) in [5.74, 6) is -1.15. The van der Waals surface area contributed by atoms with Crippen LogP contribution in [0.5, 0.6) is 0 Å². The molecule has 0 aliphatic heterocycles. The van der Waals surface area contributed by atoms with E-state index in [9.17, 15) is 9.59 Å². The highest BCUT2D eigenvalue weighted by atomic mass is 16.5. The molecule has 5 heteroatoms. The summed E-state index contributed by atoms with van der Waals surface area (Å²) in [6, 6.07) is 8.34. The summed E-state index contributed by atoms with van der Waals surface area (Å²) >= 11 is 0. The maximum Gasteiger partial charge on any atom is 0.352 e. The van der Waals surface area contributed by atoms with Crippen molar-refractivity contribution in [1.82, 2.24) is 4.57 Å². The fourth-order valence-corrected chi connectivity index (χ4v) is 1.73. The number of aromatic carboxylic acids is 1. The fraction of sp³-hybridized carbons (Fsp3) is 0.167. The first-order chi connectivity index (χ1) is 8.15. The molecule has 17 heavy (non-hydrogen) atoms. The van der Waals surface area contributed by atoms with Crippen LogP contribution in [0.15, 0.2) is 35.1 Å². The van der Waals surface area contributed by atoms with Crippen LogP contribution in [-0.4, -0.2) is 22.8 Å². The predicted octanol–water partition coefficient (Wildman–Crippen LogP) is 1.30. The largest absolute Gasteiger partial charge is 0.477 e. The SMILES string of the molecule is COCn1c(C(=O)O)cc2ccccc2c1=O. The van der Waals surface area contributed by atoms with Crippen molar-refractivity contribution in [3.8, 4) is 0 Å². The van der Waals surface area contributed by atoms with Gasteiger partial charge in [0.15, 0.2) is 0 Å². The molecule has 0 unspecified atom stereocenters. The van der Waals surface area contributed by atoms with E-state index in [0.29, 0.717) is 10.8 Å². The molecule has 0 aliphatic carbocycles. The predicted molar refractivity (Wildman–Crippen MR) is 62.2 cm³/mol. The van der Waals surface area contributed by atoms with Gasteiger partial charge in [0.25, 0.3) is 5.56 Å². The van der Waals surface area contributed by atoms with E-state index in [0.717, 1.165) is 4.57 Å². The van der Waals surface area contributed by atoms with E-state index in [1.54, 1.807) is 24.3 Å². The quantitative estimate of drug-likeness (QED) is 0.867. The molecule has 0 saturated heterocycles. The van der Waals surface area contributed by atoms with Crippen molar-refractivity contribution >= 4 is 16.7 Å². The second kappa shape index (κ2) is 4.39. The number of carboxylic acids is 1. The Kier molecular flexibility index (Phi) is 2.93. The van der Waals surface area contributed by atoms with E-state index in [1.165, 1.54) is 13.2 Å². The number of carboxylic acid groups (broad SMARTS) is 1. The molecule has 2 aromatic rings. The van der Waals surface area contributed by atoms with Crippen LogP contribution >= 0.6 is 0 Å². The molecule has 2 rings (SSSR count). The van der Waals surface area contributed by atoms with E-state index in [4.69, 9.17) is 9.84 Å². The summed E-state index contributed by atoms with van der Waals surface area (Å²) in [6.45, 7) is -0.0781. The molecule has 0 amide bonds. The van der Waals surface area contributed by atoms with Crippen molar-refractivity contribution in [2.45, 2.75) is 6.73 Å². The van der Waals surface area contributed by atoms with Gasteiger partial charge < -0.3 is 9.84 Å². The molecule has 0 radical (unpaired) electrons. The summed E-state index contributed by atoms with van der Waals surface area (Å²) in [4.78, 5) is 23.1. The first kappa shape index (κ1) is 11.3. The summed E-state index contributed by atoms with van der Waals surface area (Å²) in [6.07, 6.45) is 0. The highest BCUT2D eigenvalue weighted by molar-refractivity contribution is 5.92. The van der Waals surface area contributed by atoms with Gasteiger partial charge >= 0.3 is 5.97 Å². The number of methoxy groups -OCH3 is 1. The minimum Gasteiger partial charge on any atom is -0.477 e. The standard InChI is InChI=1S/C12H11NO4/c1-17-7-13-10(12(15)16)6-8-4-2-3-5-9(8)11(13)14/h2-6H,7H2,1H3,(H,15,16). The molecule has 0 spiro atoms. The number of hydrogen-bond donors (Lipinski definition) is 1. The van der Waals surface area contributed by atoms with Gasteiger partial charge in [0.1, 0.15) is 12.4 Å². The Labute approximate surface area is 96.9 Å². The van der Waals surface area contributed by atoms with Crippen LogP contribution in [0, 0.1) is 0 Å². The van der Waals surface area contributed by atoms with E-state index < -0.39 is 5.97 Å². The Hall–Kier alpha value is -2.14. The zero-order valence-electron chi connectivity index (χ0n) is 9.21. The van der Waals surface area contributed by atoms with Gasteiger partial charge in [-0.1, -0.05) is 18.2 Å². The van der Waals surface area contributed by atoms with Gasteiger partial charge in [-0.25, -0.2) is 4.79 Å². The van der Waals surface area contributed by atoms with Gasteiger partial charge in [0.2, 0.25) is 0 Å². The third-order valence-electron chi connectivity index (χ3n) is 2.50. The summed E-state index contributed by atoms with van der Waals surface area (Å²) < 4.78 is 5.95. The summed E-state index contributed by atoms with van der Waals surface area (Å²) in [5.41, 5.74) is -0.432. The lowest BCUT2D eigenvalue weighted by Gasteiger charge is -2.10. The topological polar surface area (TPSA) is 68.5 Å². The van der Waals surface area contributed by atoms with Crippen molar-refractivity contribution in [2.75, 3.05) is 7.11 Å². The van der Waals surface area contributed by atoms with Crippen LogP contribution < -0.4 is 5.56 Å². The van der Waals surface area contributed by atoms with E-state index in [2.05, 4.69) is 0 Å². The number of rotatable bonds is 3. The van der Waals surface area contributed by atoms with Gasteiger partial charge in [-0.05, 0) is 17.5 Å². The first-order valence-corrected chi connectivity index (χ1v) is 5.00. The van der Waals surface area contributed by atoms with Crippen molar-refractivity contribution < 1.29 is 14.6 Å². The molecule has 1 N–H and O–H groups in total. The van der Waals surface area contributed by atoms with Gasteiger partial charge in [-0.3, -0.25) is 9.36 Å². The number of pyridine rings is 1. The number of hydrogen-bond acceptors (Lipinski definition) is 3. The van der Waals surface area contributed by atoms with Crippen molar-refractivity contribution in [3.63, 3.8) is 0 Å². The molecule has 1 aromatic heterocycles. The number of fused-ring (bicyclic) bond motifs is 1. The van der Waals surface area contributed by atoms with Crippen molar-refractivity contribution in [2.24, 2.45) is 0 Å². The van der Waals surface area contributed by atoms with Crippen molar-refractivity contribution in [1.29, 1.82) is 0 Å². The third kappa shape index (κ3) is 1.92. The smallest absolute Gasteiger partial charge is 0.352 e. The lowest BCUT2D eigenvalue weighted by molar-refractivity contribution is 0.0656. The molecule has 88 valence electrons. The fourth-order valence-electron chi connectivity index (χ4n) is 1.73. The Morgan fingerprint density at radius 2 is 2.12 bits per heavy atom. The average Bonchev–Trinajstić information content (AvgIpc) is 2.32. The second-order valence-corrected chi connectivity index (χ2v) is 3.57. The maximum absolute atomic E-state index is 12.1. The Bertz CT molecular complexity index is 630. The molecule has 0 atom stereocenters. The van der Waals surface area contributed by atoms with Crippen LogP contribution in [0.25, 0.3) is 10.8 Å². The van der Waals surface area contributed by atoms with Crippen LogP contribution in [-0.2, 0) is 11.5 Å². The molecule has 5 nitrogen and oxygen atoms in total. The van der Waals surface area contributed by atoms with Crippen LogP contribution in [0.3, 0.4) is 0 Å². The van der Waals surface area contributed by atoms with E-state index in [-0.39, 0.29) is 18.0 Å². The number of ether oxygens (including phenoxy) is 1. The second-order valence-electron chi connectivity index (χ2n) is 3.57. The number of nitrogens with zero attached hydrogens (tertiary/aromatic N) is 1. The first-order valence-electron chi connectivity index (χ1n) is 5.00. The molecule has 0 aliphatic rings. The van der Waals surface area contributed by atoms with Gasteiger partial charge in [-0.15, -0.1) is 0 Å². The lowest BCUT2D eigenvalue weighted by Crippen LogP contribution is -2.26. The molecule has 1 heterocycles. The molecule has 0 saturated carbocycles. The van der Waals surface area contributed by atoms with Gasteiger partial charge in [-0.2, -0.15) is 0 Å². The Morgan fingerprint density at radius 3 is 2.76 bits per heavy atom. The molecular weight excluding hydrogens is 222 g/mol. The summed E-state index contributed by atoms with van der Waals surface area (Å²) in [5, 5.41) is 10.2. The summed E-state index contributed by atoms with van der Waals surface area (Å²) in [7, 11) is 1.41. The molecular formula is C12H11NO4. The van der Waals surface area contributed by atoms with Crippen LogP contribution in [0.4, 0.5) is 0 Å². The lowest BCUT2D eigenvalue weighted by atomic mass is 10.1. The minimum absolute atomic E-state index is 0.0736. The number of aromatic nitrogens is 1. The zero-order chi connectivity index (χ0) is 12.4.